The number of aryl methyl sites for hydroxylation is 2. The predicted octanol–water partition coefficient (Wildman–Crippen LogP) is 3.43. The van der Waals surface area contributed by atoms with Crippen molar-refractivity contribution in [3.05, 3.63) is 58.7 Å². The fourth-order valence-electron chi connectivity index (χ4n) is 3.91. The molecule has 0 saturated carbocycles. The second kappa shape index (κ2) is 6.56. The van der Waals surface area contributed by atoms with E-state index in [1.165, 1.54) is 35.2 Å². The summed E-state index contributed by atoms with van der Waals surface area (Å²) in [5.74, 6) is 1.19. The summed E-state index contributed by atoms with van der Waals surface area (Å²) >= 11 is 0. The molecule has 0 radical (unpaired) electrons. The van der Waals surface area contributed by atoms with Crippen molar-refractivity contribution in [3.63, 3.8) is 0 Å². The molecule has 1 atom stereocenters. The number of hydrogen-bond acceptors (Lipinski definition) is 4. The van der Waals surface area contributed by atoms with Gasteiger partial charge >= 0.3 is 0 Å². The van der Waals surface area contributed by atoms with Gasteiger partial charge in [0.2, 0.25) is 0 Å². The summed E-state index contributed by atoms with van der Waals surface area (Å²) in [6.07, 6.45) is 4.01. The van der Waals surface area contributed by atoms with Crippen LogP contribution in [0.3, 0.4) is 0 Å². The van der Waals surface area contributed by atoms with Crippen molar-refractivity contribution in [1.82, 2.24) is 24.5 Å². The van der Waals surface area contributed by atoms with Gasteiger partial charge in [-0.15, -0.1) is 0 Å². The monoisotopic (exact) mass is 335 g/mol. The molecule has 25 heavy (non-hydrogen) atoms. The van der Waals surface area contributed by atoms with Crippen molar-refractivity contribution in [2.45, 2.75) is 46.1 Å². The zero-order chi connectivity index (χ0) is 17.4. The molecule has 5 nitrogen and oxygen atoms in total. The maximum absolute atomic E-state index is 4.47. The Labute approximate surface area is 148 Å². The van der Waals surface area contributed by atoms with Gasteiger partial charge in [-0.3, -0.25) is 4.90 Å². The fourth-order valence-corrected chi connectivity index (χ4v) is 3.91. The number of likely N-dealkylation sites (tertiary alicyclic amines) is 1. The van der Waals surface area contributed by atoms with Gasteiger partial charge in [0.25, 0.3) is 5.78 Å². The van der Waals surface area contributed by atoms with E-state index in [9.17, 15) is 0 Å². The average Bonchev–Trinajstić information content (AvgIpc) is 3.07. The third-order valence-electron chi connectivity index (χ3n) is 5.44. The van der Waals surface area contributed by atoms with E-state index in [-0.39, 0.29) is 0 Å². The van der Waals surface area contributed by atoms with Gasteiger partial charge in [-0.1, -0.05) is 18.2 Å². The molecule has 0 bridgehead atoms. The summed E-state index contributed by atoms with van der Waals surface area (Å²) in [7, 11) is 0. The highest BCUT2D eigenvalue weighted by Gasteiger charge is 2.24. The van der Waals surface area contributed by atoms with Gasteiger partial charge in [0.1, 0.15) is 6.33 Å². The number of nitrogens with zero attached hydrogens (tertiary/aromatic N) is 5. The zero-order valence-corrected chi connectivity index (χ0v) is 15.2. The van der Waals surface area contributed by atoms with Gasteiger partial charge in [-0.05, 0) is 62.9 Å². The second-order valence-electron chi connectivity index (χ2n) is 7.23. The molecule has 1 unspecified atom stereocenters. The molecule has 1 aromatic carbocycles. The lowest BCUT2D eigenvalue weighted by Gasteiger charge is -2.33. The van der Waals surface area contributed by atoms with E-state index in [1.54, 1.807) is 6.33 Å². The first-order valence-electron chi connectivity index (χ1n) is 9.06. The minimum Gasteiger partial charge on any atom is -0.298 e. The first kappa shape index (κ1) is 16.2. The second-order valence-corrected chi connectivity index (χ2v) is 7.23. The first-order chi connectivity index (χ1) is 12.1. The Morgan fingerprint density at radius 1 is 1.20 bits per heavy atom. The van der Waals surface area contributed by atoms with Crippen LogP contribution in [0.2, 0.25) is 0 Å². The third kappa shape index (κ3) is 3.16. The smallest absolute Gasteiger partial charge is 0.252 e. The van der Waals surface area contributed by atoms with E-state index < -0.39 is 0 Å². The van der Waals surface area contributed by atoms with E-state index in [0.29, 0.717) is 11.7 Å². The van der Waals surface area contributed by atoms with Crippen LogP contribution in [-0.2, 0) is 6.54 Å². The maximum Gasteiger partial charge on any atom is 0.252 e. The Kier molecular flexibility index (Phi) is 4.25. The molecule has 1 fully saturated rings. The van der Waals surface area contributed by atoms with Crippen LogP contribution in [0.25, 0.3) is 5.78 Å². The Balaban J connectivity index is 1.58. The quantitative estimate of drug-likeness (QED) is 0.736. The van der Waals surface area contributed by atoms with Crippen LogP contribution in [0.5, 0.6) is 0 Å². The van der Waals surface area contributed by atoms with Gasteiger partial charge in [-0.25, -0.2) is 9.50 Å². The van der Waals surface area contributed by atoms with E-state index in [4.69, 9.17) is 0 Å². The highest BCUT2D eigenvalue weighted by molar-refractivity contribution is 5.34. The minimum atomic E-state index is 0.477. The van der Waals surface area contributed by atoms with E-state index in [0.717, 1.165) is 25.3 Å². The molecule has 0 spiro atoms. The SMILES string of the molecule is Cc1cc(C2CCCN(Cc3cccc(C)c3C)C2)n2ncnc2n1. The molecule has 3 heterocycles. The number of rotatable bonds is 3. The summed E-state index contributed by atoms with van der Waals surface area (Å²) in [6, 6.07) is 8.80. The van der Waals surface area contributed by atoms with Crippen molar-refractivity contribution in [2.24, 2.45) is 0 Å². The molecule has 0 N–H and O–H groups in total. The number of aromatic nitrogens is 4. The molecule has 0 aliphatic carbocycles. The summed E-state index contributed by atoms with van der Waals surface area (Å²) in [6.45, 7) is 9.71. The van der Waals surface area contributed by atoms with Crippen molar-refractivity contribution >= 4 is 5.78 Å². The lowest BCUT2D eigenvalue weighted by Crippen LogP contribution is -2.35. The highest BCUT2D eigenvalue weighted by atomic mass is 15.3. The van der Waals surface area contributed by atoms with Crippen molar-refractivity contribution in [2.75, 3.05) is 13.1 Å². The number of hydrogen-bond donors (Lipinski definition) is 0. The lowest BCUT2D eigenvalue weighted by molar-refractivity contribution is 0.197. The summed E-state index contributed by atoms with van der Waals surface area (Å²) in [5.41, 5.74) is 6.49. The molecular weight excluding hydrogens is 310 g/mol. The molecule has 4 rings (SSSR count). The Bertz CT molecular complexity index is 898. The fraction of sp³-hybridized carbons (Fsp3) is 0.450. The van der Waals surface area contributed by atoms with Gasteiger partial charge in [-0.2, -0.15) is 10.1 Å². The van der Waals surface area contributed by atoms with E-state index in [2.05, 4.69) is 58.1 Å². The number of benzene rings is 1. The molecule has 1 aliphatic rings. The van der Waals surface area contributed by atoms with Crippen LogP contribution in [0, 0.1) is 20.8 Å². The molecule has 3 aromatic rings. The van der Waals surface area contributed by atoms with Crippen LogP contribution >= 0.6 is 0 Å². The van der Waals surface area contributed by atoms with Crippen molar-refractivity contribution < 1.29 is 0 Å². The molecule has 2 aromatic heterocycles. The Hall–Kier alpha value is -2.27. The van der Waals surface area contributed by atoms with Gasteiger partial charge in [0.05, 0.1) is 5.69 Å². The summed E-state index contributed by atoms with van der Waals surface area (Å²) in [4.78, 5) is 11.3. The van der Waals surface area contributed by atoms with Crippen LogP contribution in [0.15, 0.2) is 30.6 Å². The summed E-state index contributed by atoms with van der Waals surface area (Å²) < 4.78 is 1.92. The Morgan fingerprint density at radius 2 is 2.08 bits per heavy atom. The van der Waals surface area contributed by atoms with Crippen LogP contribution in [-0.4, -0.2) is 37.6 Å². The van der Waals surface area contributed by atoms with Crippen LogP contribution in [0.4, 0.5) is 0 Å². The largest absolute Gasteiger partial charge is 0.298 e. The van der Waals surface area contributed by atoms with Crippen LogP contribution in [0.1, 0.15) is 46.8 Å². The third-order valence-corrected chi connectivity index (χ3v) is 5.44. The Morgan fingerprint density at radius 3 is 2.96 bits per heavy atom. The maximum atomic E-state index is 4.47. The summed E-state index contributed by atoms with van der Waals surface area (Å²) in [5, 5.41) is 4.39. The average molecular weight is 335 g/mol. The van der Waals surface area contributed by atoms with Crippen LogP contribution < -0.4 is 0 Å². The molecule has 0 amide bonds. The predicted molar refractivity (Wildman–Crippen MR) is 98.7 cm³/mol. The van der Waals surface area contributed by atoms with Gasteiger partial charge in [0, 0.05) is 24.7 Å². The zero-order valence-electron chi connectivity index (χ0n) is 15.2. The molecule has 1 saturated heterocycles. The molecular formula is C20H25N5. The molecule has 5 heteroatoms. The molecule has 130 valence electrons. The van der Waals surface area contributed by atoms with Gasteiger partial charge in [0.15, 0.2) is 0 Å². The highest BCUT2D eigenvalue weighted by Crippen LogP contribution is 2.28. The van der Waals surface area contributed by atoms with Crippen molar-refractivity contribution in [1.29, 1.82) is 0 Å². The topological polar surface area (TPSA) is 46.3 Å². The van der Waals surface area contributed by atoms with E-state index >= 15 is 0 Å². The number of piperidine rings is 1. The normalized spacial score (nSPS) is 18.8. The standard InChI is InChI=1S/C20H25N5/c1-14-6-4-7-17(16(14)3)11-24-9-5-8-18(12-24)19-10-15(2)23-20-21-13-22-25(19)20/h4,6-7,10,13,18H,5,8-9,11-12H2,1-3H3. The van der Waals surface area contributed by atoms with E-state index in [1.807, 2.05) is 11.4 Å². The first-order valence-corrected chi connectivity index (χ1v) is 9.06. The van der Waals surface area contributed by atoms with Crippen molar-refractivity contribution in [3.8, 4) is 0 Å². The minimum absolute atomic E-state index is 0.477. The number of fused-ring (bicyclic) bond motifs is 1. The van der Waals surface area contributed by atoms with Gasteiger partial charge < -0.3 is 0 Å². The lowest BCUT2D eigenvalue weighted by atomic mass is 9.93. The molecule has 1 aliphatic heterocycles.